The van der Waals surface area contributed by atoms with Gasteiger partial charge in [0, 0.05) is 24.0 Å². The first-order chi connectivity index (χ1) is 11.0. The standard InChI is InChI=1S/C19H28N4/c1-6-7-11-20-19-21-15(5)12-17(23-19)22-18-14(4)9-8-10-16(18)13(2)3/h8-10,12-13H,6-7,11H2,1-5H3,(H2,20,21,22,23). The maximum atomic E-state index is 4.61. The Balaban J connectivity index is 2.26. The molecule has 2 N–H and O–H groups in total. The van der Waals surface area contributed by atoms with Gasteiger partial charge in [-0.25, -0.2) is 4.98 Å². The average molecular weight is 312 g/mol. The largest absolute Gasteiger partial charge is 0.354 e. The van der Waals surface area contributed by atoms with Crippen molar-refractivity contribution in [2.75, 3.05) is 17.2 Å². The molecule has 0 amide bonds. The van der Waals surface area contributed by atoms with Crippen LogP contribution in [0.2, 0.25) is 0 Å². The highest BCUT2D eigenvalue weighted by Gasteiger charge is 2.11. The molecule has 4 nitrogen and oxygen atoms in total. The van der Waals surface area contributed by atoms with Crippen LogP contribution in [0, 0.1) is 13.8 Å². The maximum absolute atomic E-state index is 4.61. The van der Waals surface area contributed by atoms with E-state index >= 15 is 0 Å². The van der Waals surface area contributed by atoms with Crippen LogP contribution in [0.3, 0.4) is 0 Å². The van der Waals surface area contributed by atoms with Gasteiger partial charge in [-0.2, -0.15) is 4.98 Å². The number of benzene rings is 1. The molecule has 0 fully saturated rings. The SMILES string of the molecule is CCCCNc1nc(C)cc(Nc2c(C)cccc2C(C)C)n1. The molecule has 0 spiro atoms. The Kier molecular flexibility index (Phi) is 5.97. The number of nitrogens with zero attached hydrogens (tertiary/aromatic N) is 2. The molecule has 1 aromatic carbocycles. The summed E-state index contributed by atoms with van der Waals surface area (Å²) in [6.07, 6.45) is 2.28. The molecule has 0 bridgehead atoms. The molecular weight excluding hydrogens is 284 g/mol. The fraction of sp³-hybridized carbons (Fsp3) is 0.474. The molecule has 1 aromatic heterocycles. The van der Waals surface area contributed by atoms with Crippen molar-refractivity contribution >= 4 is 17.5 Å². The van der Waals surface area contributed by atoms with Crippen molar-refractivity contribution in [2.24, 2.45) is 0 Å². The quantitative estimate of drug-likeness (QED) is 0.692. The van der Waals surface area contributed by atoms with Crippen LogP contribution in [0.4, 0.5) is 17.5 Å². The summed E-state index contributed by atoms with van der Waals surface area (Å²) < 4.78 is 0. The number of rotatable bonds is 7. The molecule has 2 aromatic rings. The van der Waals surface area contributed by atoms with Crippen LogP contribution in [0.25, 0.3) is 0 Å². The van der Waals surface area contributed by atoms with Crippen molar-refractivity contribution < 1.29 is 0 Å². The van der Waals surface area contributed by atoms with Crippen LogP contribution in [-0.4, -0.2) is 16.5 Å². The lowest BCUT2D eigenvalue weighted by Gasteiger charge is -2.17. The topological polar surface area (TPSA) is 49.8 Å². The van der Waals surface area contributed by atoms with E-state index in [0.29, 0.717) is 11.9 Å². The number of nitrogens with one attached hydrogen (secondary N) is 2. The highest BCUT2D eigenvalue weighted by molar-refractivity contribution is 5.66. The van der Waals surface area contributed by atoms with Gasteiger partial charge in [0.05, 0.1) is 0 Å². The van der Waals surface area contributed by atoms with Crippen LogP contribution in [0.5, 0.6) is 0 Å². The Bertz CT molecular complexity index is 650. The Hall–Kier alpha value is -2.10. The molecule has 0 saturated heterocycles. The minimum absolute atomic E-state index is 0.461. The Morgan fingerprint density at radius 1 is 1.13 bits per heavy atom. The summed E-state index contributed by atoms with van der Waals surface area (Å²) in [5.41, 5.74) is 4.65. The lowest BCUT2D eigenvalue weighted by atomic mass is 9.98. The van der Waals surface area contributed by atoms with Crippen molar-refractivity contribution in [3.63, 3.8) is 0 Å². The van der Waals surface area contributed by atoms with E-state index in [4.69, 9.17) is 0 Å². The Labute approximate surface area is 139 Å². The fourth-order valence-corrected chi connectivity index (χ4v) is 2.56. The highest BCUT2D eigenvalue weighted by Crippen LogP contribution is 2.30. The first kappa shape index (κ1) is 17.3. The predicted molar refractivity (Wildman–Crippen MR) is 98.7 cm³/mol. The van der Waals surface area contributed by atoms with Crippen molar-refractivity contribution in [3.8, 4) is 0 Å². The van der Waals surface area contributed by atoms with Gasteiger partial charge in [0.2, 0.25) is 5.95 Å². The summed E-state index contributed by atoms with van der Waals surface area (Å²) in [5.74, 6) is 2.00. The van der Waals surface area contributed by atoms with E-state index < -0.39 is 0 Å². The van der Waals surface area contributed by atoms with Crippen LogP contribution < -0.4 is 10.6 Å². The highest BCUT2D eigenvalue weighted by atomic mass is 15.1. The summed E-state index contributed by atoms with van der Waals surface area (Å²) in [4.78, 5) is 9.07. The molecule has 0 atom stereocenters. The number of para-hydroxylation sites is 1. The summed E-state index contributed by atoms with van der Waals surface area (Å²) in [5, 5.41) is 6.81. The van der Waals surface area contributed by atoms with Crippen molar-refractivity contribution in [1.29, 1.82) is 0 Å². The molecule has 23 heavy (non-hydrogen) atoms. The van der Waals surface area contributed by atoms with E-state index in [1.165, 1.54) is 11.1 Å². The van der Waals surface area contributed by atoms with Crippen LogP contribution in [0.1, 0.15) is 56.4 Å². The molecule has 0 saturated carbocycles. The fourth-order valence-electron chi connectivity index (χ4n) is 2.56. The van der Waals surface area contributed by atoms with Gasteiger partial charge < -0.3 is 10.6 Å². The zero-order valence-corrected chi connectivity index (χ0v) is 14.9. The van der Waals surface area contributed by atoms with Gasteiger partial charge in [-0.05, 0) is 37.3 Å². The third-order valence-electron chi connectivity index (χ3n) is 3.85. The zero-order valence-electron chi connectivity index (χ0n) is 14.9. The Morgan fingerprint density at radius 2 is 1.91 bits per heavy atom. The van der Waals surface area contributed by atoms with E-state index in [1.807, 2.05) is 13.0 Å². The Morgan fingerprint density at radius 3 is 2.61 bits per heavy atom. The van der Waals surface area contributed by atoms with Gasteiger partial charge in [-0.1, -0.05) is 45.4 Å². The van der Waals surface area contributed by atoms with Gasteiger partial charge >= 0.3 is 0 Å². The second kappa shape index (κ2) is 7.95. The van der Waals surface area contributed by atoms with Crippen molar-refractivity contribution in [2.45, 2.75) is 53.4 Å². The number of aryl methyl sites for hydroxylation is 2. The minimum Gasteiger partial charge on any atom is -0.354 e. The molecule has 0 aliphatic heterocycles. The van der Waals surface area contributed by atoms with Gasteiger partial charge in [0.1, 0.15) is 5.82 Å². The van der Waals surface area contributed by atoms with E-state index in [1.54, 1.807) is 0 Å². The summed E-state index contributed by atoms with van der Waals surface area (Å²) in [6, 6.07) is 8.40. The minimum atomic E-state index is 0.461. The average Bonchev–Trinajstić information content (AvgIpc) is 2.49. The van der Waals surface area contributed by atoms with E-state index in [-0.39, 0.29) is 0 Å². The molecule has 0 unspecified atom stereocenters. The molecule has 1 heterocycles. The second-order valence-corrected chi connectivity index (χ2v) is 6.32. The summed E-state index contributed by atoms with van der Waals surface area (Å²) >= 11 is 0. The van der Waals surface area contributed by atoms with Crippen molar-refractivity contribution in [1.82, 2.24) is 9.97 Å². The van der Waals surface area contributed by atoms with Crippen molar-refractivity contribution in [3.05, 3.63) is 41.1 Å². The number of hydrogen-bond donors (Lipinski definition) is 2. The molecule has 124 valence electrons. The molecule has 0 aliphatic rings. The number of unbranched alkanes of at least 4 members (excludes halogenated alkanes) is 1. The lowest BCUT2D eigenvalue weighted by molar-refractivity contribution is 0.825. The molecule has 0 aliphatic carbocycles. The van der Waals surface area contributed by atoms with Gasteiger partial charge in [0.25, 0.3) is 0 Å². The third kappa shape index (κ3) is 4.68. The van der Waals surface area contributed by atoms with Gasteiger partial charge in [-0.3, -0.25) is 0 Å². The molecule has 4 heteroatoms. The zero-order chi connectivity index (χ0) is 16.8. The van der Waals surface area contributed by atoms with Crippen LogP contribution in [-0.2, 0) is 0 Å². The van der Waals surface area contributed by atoms with Gasteiger partial charge in [-0.15, -0.1) is 0 Å². The van der Waals surface area contributed by atoms with E-state index in [2.05, 4.69) is 66.5 Å². The molecule has 2 rings (SSSR count). The maximum Gasteiger partial charge on any atom is 0.224 e. The second-order valence-electron chi connectivity index (χ2n) is 6.32. The molecular formula is C19H28N4. The predicted octanol–water partition coefficient (Wildman–Crippen LogP) is 5.17. The molecule has 0 radical (unpaired) electrons. The van der Waals surface area contributed by atoms with E-state index in [0.717, 1.165) is 36.6 Å². The number of hydrogen-bond acceptors (Lipinski definition) is 4. The van der Waals surface area contributed by atoms with Crippen LogP contribution >= 0.6 is 0 Å². The number of aromatic nitrogens is 2. The summed E-state index contributed by atoms with van der Waals surface area (Å²) in [7, 11) is 0. The monoisotopic (exact) mass is 312 g/mol. The third-order valence-corrected chi connectivity index (χ3v) is 3.85. The normalized spacial score (nSPS) is 10.9. The van der Waals surface area contributed by atoms with Crippen LogP contribution in [0.15, 0.2) is 24.3 Å². The lowest BCUT2D eigenvalue weighted by Crippen LogP contribution is -2.08. The first-order valence-corrected chi connectivity index (χ1v) is 8.47. The number of anilines is 3. The van der Waals surface area contributed by atoms with Gasteiger partial charge in [0.15, 0.2) is 0 Å². The first-order valence-electron chi connectivity index (χ1n) is 8.47. The summed E-state index contributed by atoms with van der Waals surface area (Å²) in [6.45, 7) is 11.6. The van der Waals surface area contributed by atoms with E-state index in [9.17, 15) is 0 Å². The smallest absolute Gasteiger partial charge is 0.224 e.